The van der Waals surface area contributed by atoms with Crippen molar-refractivity contribution in [3.05, 3.63) is 84.1 Å². The number of fused-ring (bicyclic) bond motifs is 1. The van der Waals surface area contributed by atoms with E-state index in [1.165, 1.54) is 6.20 Å². The Morgan fingerprint density at radius 1 is 0.870 bits per heavy atom. The molecule has 2 heterocycles. The van der Waals surface area contributed by atoms with Crippen LogP contribution in [-0.4, -0.2) is 15.8 Å². The normalized spacial score (nSPS) is 10.8. The van der Waals surface area contributed by atoms with E-state index >= 15 is 0 Å². The summed E-state index contributed by atoms with van der Waals surface area (Å²) in [6.07, 6.45) is 1.54. The van der Waals surface area contributed by atoms with Crippen molar-refractivity contribution in [2.75, 3.05) is 0 Å². The first kappa shape index (κ1) is 13.4. The molecule has 4 aromatic rings. The van der Waals surface area contributed by atoms with Crippen molar-refractivity contribution in [2.24, 2.45) is 0 Å². The molecule has 0 unspecified atom stereocenters. The molecule has 0 spiro atoms. The lowest BCUT2D eigenvalue weighted by Crippen LogP contribution is -2.01. The highest BCUT2D eigenvalue weighted by Crippen LogP contribution is 2.24. The zero-order chi connectivity index (χ0) is 15.6. The zero-order valence-electron chi connectivity index (χ0n) is 12.1. The number of hydrogen-bond acceptors (Lipinski definition) is 4. The van der Waals surface area contributed by atoms with Gasteiger partial charge in [0.05, 0.1) is 0 Å². The number of carbonyl (C=O) groups is 1. The van der Waals surface area contributed by atoms with Crippen LogP contribution in [0, 0.1) is 0 Å². The lowest BCUT2D eigenvalue weighted by Gasteiger charge is -1.99. The highest BCUT2D eigenvalue weighted by atomic mass is 16.3. The van der Waals surface area contributed by atoms with E-state index in [2.05, 4.69) is 9.97 Å². The summed E-state index contributed by atoms with van der Waals surface area (Å²) in [6, 6.07) is 20.4. The molecule has 0 amide bonds. The summed E-state index contributed by atoms with van der Waals surface area (Å²) in [5.74, 6) is 0.412. The third-order valence-corrected chi connectivity index (χ3v) is 3.57. The number of aromatic nitrogens is 2. The molecular weight excluding hydrogens is 288 g/mol. The molecular formula is C19H12N2O2. The summed E-state index contributed by atoms with van der Waals surface area (Å²) < 4.78 is 5.75. The predicted molar refractivity (Wildman–Crippen MR) is 87.1 cm³/mol. The van der Waals surface area contributed by atoms with Gasteiger partial charge in [0.15, 0.2) is 17.0 Å². The summed E-state index contributed by atoms with van der Waals surface area (Å²) in [5, 5.41) is 0. The van der Waals surface area contributed by atoms with Crippen molar-refractivity contribution in [3.63, 3.8) is 0 Å². The van der Waals surface area contributed by atoms with Crippen LogP contribution in [0.2, 0.25) is 0 Å². The lowest BCUT2D eigenvalue weighted by molar-refractivity contribution is 0.103. The van der Waals surface area contributed by atoms with Crippen LogP contribution in [0.3, 0.4) is 0 Å². The first-order valence-corrected chi connectivity index (χ1v) is 7.23. The van der Waals surface area contributed by atoms with E-state index in [9.17, 15) is 4.79 Å². The molecule has 2 aromatic carbocycles. The Morgan fingerprint density at radius 2 is 1.57 bits per heavy atom. The highest BCUT2D eigenvalue weighted by Gasteiger charge is 2.14. The fourth-order valence-electron chi connectivity index (χ4n) is 2.40. The third kappa shape index (κ3) is 2.51. The molecule has 0 N–H and O–H groups in total. The minimum atomic E-state index is -0.0855. The average molecular weight is 300 g/mol. The van der Waals surface area contributed by atoms with Crippen LogP contribution in [0.15, 0.2) is 77.3 Å². The topological polar surface area (TPSA) is 56.0 Å². The van der Waals surface area contributed by atoms with Gasteiger partial charge in [0.25, 0.3) is 0 Å². The van der Waals surface area contributed by atoms with E-state index in [0.29, 0.717) is 28.2 Å². The molecule has 0 atom stereocenters. The van der Waals surface area contributed by atoms with Gasteiger partial charge in [-0.3, -0.25) is 4.79 Å². The summed E-state index contributed by atoms with van der Waals surface area (Å²) in [6.45, 7) is 0. The van der Waals surface area contributed by atoms with Gasteiger partial charge in [0, 0.05) is 22.9 Å². The predicted octanol–water partition coefficient (Wildman–Crippen LogP) is 4.12. The minimum Gasteiger partial charge on any atom is -0.434 e. The summed E-state index contributed by atoms with van der Waals surface area (Å²) in [7, 11) is 0. The molecule has 0 aliphatic rings. The van der Waals surface area contributed by atoms with Crippen LogP contribution in [0.1, 0.15) is 15.9 Å². The first-order valence-electron chi connectivity index (χ1n) is 7.23. The van der Waals surface area contributed by atoms with Crippen molar-refractivity contribution in [3.8, 4) is 11.5 Å². The first-order chi connectivity index (χ1) is 11.3. The molecule has 0 aliphatic heterocycles. The maximum absolute atomic E-state index is 12.5. The van der Waals surface area contributed by atoms with Crippen molar-refractivity contribution < 1.29 is 9.21 Å². The van der Waals surface area contributed by atoms with Gasteiger partial charge in [0.1, 0.15) is 0 Å². The summed E-state index contributed by atoms with van der Waals surface area (Å²) >= 11 is 0. The molecule has 4 nitrogen and oxygen atoms in total. The average Bonchev–Trinajstić information content (AvgIpc) is 3.06. The van der Waals surface area contributed by atoms with Crippen molar-refractivity contribution in [1.82, 2.24) is 9.97 Å². The number of rotatable bonds is 3. The van der Waals surface area contributed by atoms with E-state index in [4.69, 9.17) is 4.42 Å². The number of hydrogen-bond donors (Lipinski definition) is 0. The van der Waals surface area contributed by atoms with Gasteiger partial charge >= 0.3 is 0 Å². The van der Waals surface area contributed by atoms with E-state index in [1.807, 2.05) is 48.5 Å². The standard InChI is InChI=1S/C19H12N2O2/c22-17(13-7-3-1-4-8-13)15-11-16-18(20-12-15)21-19(23-16)14-9-5-2-6-10-14/h1-12H. The largest absolute Gasteiger partial charge is 0.434 e. The Morgan fingerprint density at radius 3 is 2.30 bits per heavy atom. The molecule has 4 heteroatoms. The molecule has 4 rings (SSSR count). The summed E-state index contributed by atoms with van der Waals surface area (Å²) in [5.41, 5.74) is 2.98. The Labute approximate surface area is 132 Å². The quantitative estimate of drug-likeness (QED) is 0.534. The van der Waals surface area contributed by atoms with Gasteiger partial charge in [-0.1, -0.05) is 48.5 Å². The molecule has 0 saturated carbocycles. The number of oxazole rings is 1. The third-order valence-electron chi connectivity index (χ3n) is 3.57. The molecule has 0 fully saturated rings. The second kappa shape index (κ2) is 5.50. The monoisotopic (exact) mass is 300 g/mol. The van der Waals surface area contributed by atoms with Crippen LogP contribution in [0.5, 0.6) is 0 Å². The van der Waals surface area contributed by atoms with Gasteiger partial charge < -0.3 is 4.42 Å². The van der Waals surface area contributed by atoms with Crippen molar-refractivity contribution in [1.29, 1.82) is 0 Å². The number of carbonyl (C=O) groups excluding carboxylic acids is 1. The maximum Gasteiger partial charge on any atom is 0.228 e. The van der Waals surface area contributed by atoms with Crippen LogP contribution in [0.4, 0.5) is 0 Å². The van der Waals surface area contributed by atoms with Crippen LogP contribution >= 0.6 is 0 Å². The SMILES string of the molecule is O=C(c1ccccc1)c1cnc2nc(-c3ccccc3)oc2c1. The van der Waals surface area contributed by atoms with E-state index in [0.717, 1.165) is 5.56 Å². The van der Waals surface area contributed by atoms with Gasteiger partial charge in [-0.25, -0.2) is 4.98 Å². The minimum absolute atomic E-state index is 0.0855. The maximum atomic E-state index is 12.5. The molecule has 0 radical (unpaired) electrons. The van der Waals surface area contributed by atoms with Gasteiger partial charge in [-0.2, -0.15) is 4.98 Å². The number of ketones is 1. The van der Waals surface area contributed by atoms with E-state index in [-0.39, 0.29) is 5.78 Å². The zero-order valence-corrected chi connectivity index (χ0v) is 12.1. The molecule has 23 heavy (non-hydrogen) atoms. The summed E-state index contributed by atoms with van der Waals surface area (Å²) in [4.78, 5) is 21.1. The molecule has 0 bridgehead atoms. The molecule has 110 valence electrons. The van der Waals surface area contributed by atoms with E-state index < -0.39 is 0 Å². The molecule has 2 aromatic heterocycles. The molecule has 0 aliphatic carbocycles. The van der Waals surface area contributed by atoms with Crippen LogP contribution in [-0.2, 0) is 0 Å². The number of pyridine rings is 1. The second-order valence-corrected chi connectivity index (χ2v) is 5.13. The molecule has 0 saturated heterocycles. The lowest BCUT2D eigenvalue weighted by atomic mass is 10.1. The van der Waals surface area contributed by atoms with E-state index in [1.54, 1.807) is 18.2 Å². The highest BCUT2D eigenvalue weighted by molar-refractivity contribution is 6.09. The van der Waals surface area contributed by atoms with Crippen molar-refractivity contribution >= 4 is 17.0 Å². The smallest absolute Gasteiger partial charge is 0.228 e. The van der Waals surface area contributed by atoms with Gasteiger partial charge in [0.2, 0.25) is 5.89 Å². The number of nitrogens with zero attached hydrogens (tertiary/aromatic N) is 2. The van der Waals surface area contributed by atoms with Gasteiger partial charge in [-0.15, -0.1) is 0 Å². The Hall–Kier alpha value is -3.27. The Balaban J connectivity index is 1.75. The van der Waals surface area contributed by atoms with Crippen molar-refractivity contribution in [2.45, 2.75) is 0 Å². The Kier molecular flexibility index (Phi) is 3.20. The van der Waals surface area contributed by atoms with Crippen LogP contribution in [0.25, 0.3) is 22.7 Å². The second-order valence-electron chi connectivity index (χ2n) is 5.13. The van der Waals surface area contributed by atoms with Crippen LogP contribution < -0.4 is 0 Å². The fourth-order valence-corrected chi connectivity index (χ4v) is 2.40. The fraction of sp³-hybridized carbons (Fsp3) is 0. The number of benzene rings is 2. The van der Waals surface area contributed by atoms with Gasteiger partial charge in [-0.05, 0) is 18.2 Å². The Bertz CT molecular complexity index is 976.